The SMILES string of the molecule is CC[C@@]1(O)C(=O)OCc2c1cc1n(c2=O)CC2C1=Nc1cc(F)c(C)c3c1C2[C@H](NC(=O)[C@@H](CC1CC1)OCNC(=O)CNC(=O)[C@H](Cc1ccccc1)NC(=O)CNC(=O)CNC(=O)[C@H](CNCC(=O)O)N1C(=O)C=CC1=O)CC3. The number of cyclic esters (lactones) is 1. The Labute approximate surface area is 461 Å². The first-order valence-corrected chi connectivity index (χ1v) is 26.7. The number of carboxylic acids is 1. The van der Waals surface area contributed by atoms with Gasteiger partial charge in [0.25, 0.3) is 17.4 Å². The molecule has 428 valence electrons. The summed E-state index contributed by atoms with van der Waals surface area (Å²) in [6, 6.07) is 8.27. The number of benzene rings is 2. The van der Waals surface area contributed by atoms with Crippen LogP contribution in [-0.2, 0) is 89.0 Å². The number of esters is 1. The van der Waals surface area contributed by atoms with E-state index in [1.54, 1.807) is 54.8 Å². The zero-order valence-corrected chi connectivity index (χ0v) is 44.3. The Morgan fingerprint density at radius 3 is 2.25 bits per heavy atom. The number of ether oxygens (including phenoxy) is 2. The number of fused-ring (bicyclic) bond motifs is 5. The van der Waals surface area contributed by atoms with Gasteiger partial charge in [-0.05, 0) is 66.8 Å². The molecule has 2 unspecified atom stereocenters. The molecule has 0 saturated heterocycles. The molecule has 9 rings (SSSR count). The number of hydrogen-bond donors (Lipinski definition) is 9. The summed E-state index contributed by atoms with van der Waals surface area (Å²) in [6.07, 6.45) is 3.70. The second-order valence-electron chi connectivity index (χ2n) is 20.8. The van der Waals surface area contributed by atoms with Crippen molar-refractivity contribution in [1.29, 1.82) is 0 Å². The van der Waals surface area contributed by atoms with Gasteiger partial charge in [-0.1, -0.05) is 50.1 Å². The van der Waals surface area contributed by atoms with E-state index < -0.39 is 152 Å². The number of carboxylic acid groups (broad SMARTS) is 1. The Bertz CT molecular complexity index is 3220. The number of imide groups is 1. The highest BCUT2D eigenvalue weighted by atomic mass is 19.1. The lowest BCUT2D eigenvalue weighted by Crippen LogP contribution is -2.56. The highest BCUT2D eigenvalue weighted by Crippen LogP contribution is 2.51. The topological polar surface area (TPSA) is 351 Å². The number of rotatable bonds is 24. The summed E-state index contributed by atoms with van der Waals surface area (Å²) in [4.78, 5) is 148. The molecule has 7 atom stereocenters. The number of aliphatic carboxylic acids is 1. The summed E-state index contributed by atoms with van der Waals surface area (Å²) < 4.78 is 28.4. The summed E-state index contributed by atoms with van der Waals surface area (Å²) in [7, 11) is 0. The number of aromatic nitrogens is 1. The Morgan fingerprint density at radius 2 is 1.56 bits per heavy atom. The third-order valence-corrected chi connectivity index (χ3v) is 15.6. The number of amides is 8. The quantitative estimate of drug-likeness (QED) is 0.0281. The largest absolute Gasteiger partial charge is 0.480 e. The molecule has 1 aromatic heterocycles. The molecule has 1 saturated carbocycles. The lowest BCUT2D eigenvalue weighted by molar-refractivity contribution is -0.172. The van der Waals surface area contributed by atoms with Gasteiger partial charge >= 0.3 is 11.9 Å². The lowest BCUT2D eigenvalue weighted by Gasteiger charge is -2.41. The molecule has 5 heterocycles. The number of nitrogens with zero attached hydrogens (tertiary/aromatic N) is 3. The molecule has 0 radical (unpaired) electrons. The van der Waals surface area contributed by atoms with E-state index >= 15 is 4.39 Å². The molecular formula is C55H61FN10O15. The van der Waals surface area contributed by atoms with Gasteiger partial charge in [0.2, 0.25) is 35.4 Å². The van der Waals surface area contributed by atoms with Crippen molar-refractivity contribution in [3.63, 3.8) is 0 Å². The van der Waals surface area contributed by atoms with Crippen molar-refractivity contribution in [3.05, 3.63) is 110 Å². The maximum atomic E-state index is 15.6. The van der Waals surface area contributed by atoms with Crippen molar-refractivity contribution in [3.8, 4) is 0 Å². The van der Waals surface area contributed by atoms with Crippen LogP contribution in [0.1, 0.15) is 84.0 Å². The number of aliphatic hydroxyl groups is 1. The predicted octanol–water partition coefficient (Wildman–Crippen LogP) is -1.47. The number of pyridine rings is 1. The van der Waals surface area contributed by atoms with Gasteiger partial charge in [-0.3, -0.25) is 57.8 Å². The van der Waals surface area contributed by atoms with E-state index in [-0.39, 0.29) is 43.0 Å². The number of carbonyl (C=O) groups is 10. The van der Waals surface area contributed by atoms with E-state index in [0.717, 1.165) is 36.1 Å². The van der Waals surface area contributed by atoms with Crippen LogP contribution in [0.3, 0.4) is 0 Å². The van der Waals surface area contributed by atoms with Gasteiger partial charge in [0, 0.05) is 61.2 Å². The second kappa shape index (κ2) is 24.1. The molecule has 0 bridgehead atoms. The third kappa shape index (κ3) is 12.3. The van der Waals surface area contributed by atoms with Crippen molar-refractivity contribution in [2.24, 2.45) is 16.8 Å². The molecule has 6 aliphatic rings. The maximum Gasteiger partial charge on any atom is 0.343 e. The van der Waals surface area contributed by atoms with Crippen molar-refractivity contribution in [1.82, 2.24) is 46.7 Å². The molecule has 3 aromatic rings. The van der Waals surface area contributed by atoms with E-state index in [0.29, 0.717) is 52.4 Å². The molecule has 25 nitrogen and oxygen atoms in total. The van der Waals surface area contributed by atoms with Gasteiger partial charge in [0.15, 0.2) is 5.60 Å². The van der Waals surface area contributed by atoms with E-state index in [2.05, 4.69) is 37.2 Å². The zero-order valence-electron chi connectivity index (χ0n) is 44.3. The van der Waals surface area contributed by atoms with E-state index in [1.807, 2.05) is 0 Å². The smallest absolute Gasteiger partial charge is 0.343 e. The summed E-state index contributed by atoms with van der Waals surface area (Å²) >= 11 is 0. The lowest BCUT2D eigenvalue weighted by atomic mass is 9.68. The zero-order chi connectivity index (χ0) is 57.9. The molecular weight excluding hydrogens is 1060 g/mol. The molecule has 2 aromatic carbocycles. The van der Waals surface area contributed by atoms with Crippen LogP contribution in [0.15, 0.2) is 64.4 Å². The predicted molar refractivity (Wildman–Crippen MR) is 280 cm³/mol. The standard InChI is InChI=1S/C55H61FN10O15/c1-3-55(79)33-17-38-49-31(24-65(38)53(77)32(33)25-80-54(55)78)48-35(12-11-30-27(2)34(56)18-36(63-49)47(30)48)64-52(76)40(16-29-9-10-29)81-26-61-42(68)21-59-50(74)37(15-28-7-5-4-6-8-28)62-43(69)22-58-41(67)20-60-51(75)39(19-57-23-46(72)73)66-44(70)13-14-45(66)71/h4-8,13-14,17-18,29,31,35,37,39-40,48,57,79H,3,9-12,15-16,19-26H2,1-2H3,(H,58,67)(H,59,74)(H,60,75)(H,61,68)(H,62,69)(H,64,76)(H,72,73)/t31?,35-,37+,39+,40-,48?,55+/m1/s1. The summed E-state index contributed by atoms with van der Waals surface area (Å²) in [5, 5.41) is 38.2. The Hall–Kier alpha value is -8.49. The molecule has 1 fully saturated rings. The van der Waals surface area contributed by atoms with Gasteiger partial charge < -0.3 is 61.5 Å². The molecule has 4 aliphatic heterocycles. The first-order valence-electron chi connectivity index (χ1n) is 26.7. The van der Waals surface area contributed by atoms with E-state index in [9.17, 15) is 57.8 Å². The van der Waals surface area contributed by atoms with Crippen LogP contribution in [0.5, 0.6) is 0 Å². The van der Waals surface area contributed by atoms with E-state index in [4.69, 9.17) is 19.6 Å². The Morgan fingerprint density at radius 1 is 0.864 bits per heavy atom. The van der Waals surface area contributed by atoms with Crippen LogP contribution in [0.2, 0.25) is 0 Å². The number of nitrogens with one attached hydrogen (secondary N) is 7. The minimum Gasteiger partial charge on any atom is -0.480 e. The molecule has 8 amide bonds. The molecule has 0 spiro atoms. The number of halogens is 1. The fraction of sp³-hybridized carbons (Fsp3) is 0.455. The first-order chi connectivity index (χ1) is 38.8. The molecule has 9 N–H and O–H groups in total. The van der Waals surface area contributed by atoms with Gasteiger partial charge in [0.05, 0.1) is 48.8 Å². The van der Waals surface area contributed by atoms with Crippen LogP contribution in [0, 0.1) is 24.6 Å². The fourth-order valence-corrected chi connectivity index (χ4v) is 11.2. The van der Waals surface area contributed by atoms with Crippen molar-refractivity contribution < 1.29 is 72.0 Å². The maximum absolute atomic E-state index is 15.6. The monoisotopic (exact) mass is 1120 g/mol. The van der Waals surface area contributed by atoms with Gasteiger partial charge in [0.1, 0.15) is 37.3 Å². The number of carbonyl (C=O) groups excluding carboxylic acids is 9. The number of aliphatic imine (C=N–C) groups is 1. The van der Waals surface area contributed by atoms with Crippen LogP contribution >= 0.6 is 0 Å². The Kier molecular flexibility index (Phi) is 17.0. The average molecular weight is 1120 g/mol. The van der Waals surface area contributed by atoms with Crippen molar-refractivity contribution in [2.45, 2.75) is 108 Å². The van der Waals surface area contributed by atoms with Crippen LogP contribution in [0.4, 0.5) is 10.1 Å². The highest BCUT2D eigenvalue weighted by molar-refractivity contribution is 6.15. The molecule has 2 aliphatic carbocycles. The van der Waals surface area contributed by atoms with Crippen LogP contribution < -0.4 is 42.8 Å². The third-order valence-electron chi connectivity index (χ3n) is 15.6. The number of hydrogen-bond acceptors (Lipinski definition) is 16. The minimum absolute atomic E-state index is 0.0283. The second-order valence-corrected chi connectivity index (χ2v) is 20.8. The summed E-state index contributed by atoms with van der Waals surface area (Å²) in [5.41, 5.74) is 1.66. The van der Waals surface area contributed by atoms with Crippen LogP contribution in [0.25, 0.3) is 0 Å². The van der Waals surface area contributed by atoms with Crippen molar-refractivity contribution in [2.75, 3.05) is 39.5 Å². The highest BCUT2D eigenvalue weighted by Gasteiger charge is 2.51. The van der Waals surface area contributed by atoms with E-state index in [1.165, 1.54) is 6.07 Å². The summed E-state index contributed by atoms with van der Waals surface area (Å²) in [5.74, 6) is -9.51. The first kappa shape index (κ1) is 57.2. The molecule has 26 heteroatoms. The van der Waals surface area contributed by atoms with Gasteiger partial charge in [-0.15, -0.1) is 0 Å². The fourth-order valence-electron chi connectivity index (χ4n) is 11.2. The van der Waals surface area contributed by atoms with Gasteiger partial charge in [-0.25, -0.2) is 9.18 Å². The molecule has 81 heavy (non-hydrogen) atoms. The van der Waals surface area contributed by atoms with Crippen LogP contribution in [-0.4, -0.2) is 148 Å². The summed E-state index contributed by atoms with van der Waals surface area (Å²) in [6.45, 7) is -0.233. The van der Waals surface area contributed by atoms with Crippen molar-refractivity contribution >= 4 is 70.6 Å². The normalized spacial score (nSPS) is 21.2. The average Bonchev–Trinajstić information content (AvgIpc) is 4.08. The Balaban J connectivity index is 0.796. The minimum atomic E-state index is -2.05. The van der Waals surface area contributed by atoms with Gasteiger partial charge in [-0.2, -0.15) is 0 Å².